The van der Waals surface area contributed by atoms with Crippen molar-refractivity contribution in [1.82, 2.24) is 0 Å². The molecule has 0 saturated heterocycles. The van der Waals surface area contributed by atoms with E-state index in [1.165, 1.54) is 26.0 Å². The molecule has 0 atom stereocenters. The zero-order chi connectivity index (χ0) is 14.7. The SMILES string of the molecule is C/C(C(=O)O)=C(/C)C(=O)Nc1cc(F)c(Br)cc1C. The van der Waals surface area contributed by atoms with Crippen LogP contribution < -0.4 is 5.32 Å². The second kappa shape index (κ2) is 5.97. The van der Waals surface area contributed by atoms with Crippen LogP contribution in [0.3, 0.4) is 0 Å². The normalized spacial score (nSPS) is 11.8. The van der Waals surface area contributed by atoms with Crippen molar-refractivity contribution in [3.63, 3.8) is 0 Å². The lowest BCUT2D eigenvalue weighted by Gasteiger charge is -2.10. The third kappa shape index (κ3) is 3.64. The Morgan fingerprint density at radius 1 is 1.26 bits per heavy atom. The Bertz CT molecular complexity index is 581. The number of rotatable bonds is 3. The standard InChI is InChI=1S/C13H13BrFNO3/c1-6-4-9(14)10(15)5-11(6)16-12(17)7(2)8(3)13(18)19/h4-5H,1-3H3,(H,16,17)(H,18,19)/b8-7+. The number of hydrogen-bond acceptors (Lipinski definition) is 2. The summed E-state index contributed by atoms with van der Waals surface area (Å²) in [6, 6.07) is 2.72. The van der Waals surface area contributed by atoms with E-state index in [-0.39, 0.29) is 11.1 Å². The van der Waals surface area contributed by atoms with Gasteiger partial charge >= 0.3 is 5.97 Å². The highest BCUT2D eigenvalue weighted by atomic mass is 79.9. The fourth-order valence-electron chi connectivity index (χ4n) is 1.33. The first-order valence-electron chi connectivity index (χ1n) is 5.41. The summed E-state index contributed by atoms with van der Waals surface area (Å²) in [6.07, 6.45) is 0. The van der Waals surface area contributed by atoms with Crippen molar-refractivity contribution in [3.8, 4) is 0 Å². The van der Waals surface area contributed by atoms with Crippen LogP contribution in [0.25, 0.3) is 0 Å². The number of benzene rings is 1. The average Bonchev–Trinajstić information content (AvgIpc) is 2.33. The van der Waals surface area contributed by atoms with E-state index in [9.17, 15) is 14.0 Å². The number of halogens is 2. The van der Waals surface area contributed by atoms with Crippen LogP contribution in [0.1, 0.15) is 19.4 Å². The van der Waals surface area contributed by atoms with E-state index in [0.717, 1.165) is 0 Å². The average molecular weight is 330 g/mol. The van der Waals surface area contributed by atoms with Gasteiger partial charge in [-0.3, -0.25) is 4.79 Å². The van der Waals surface area contributed by atoms with E-state index in [1.54, 1.807) is 6.92 Å². The molecule has 102 valence electrons. The lowest BCUT2D eigenvalue weighted by atomic mass is 10.1. The molecule has 19 heavy (non-hydrogen) atoms. The predicted molar refractivity (Wildman–Crippen MR) is 73.5 cm³/mol. The van der Waals surface area contributed by atoms with Crippen molar-refractivity contribution in [1.29, 1.82) is 0 Å². The van der Waals surface area contributed by atoms with E-state index in [1.807, 2.05) is 0 Å². The fourth-order valence-corrected chi connectivity index (χ4v) is 1.79. The van der Waals surface area contributed by atoms with Gasteiger partial charge in [-0.2, -0.15) is 0 Å². The summed E-state index contributed by atoms with van der Waals surface area (Å²) in [6.45, 7) is 4.46. The molecule has 4 nitrogen and oxygen atoms in total. The summed E-state index contributed by atoms with van der Waals surface area (Å²) in [5, 5.41) is 11.3. The summed E-state index contributed by atoms with van der Waals surface area (Å²) in [5.41, 5.74) is 1.01. The Hall–Kier alpha value is -1.69. The van der Waals surface area contributed by atoms with Crippen LogP contribution in [0.5, 0.6) is 0 Å². The van der Waals surface area contributed by atoms with Crippen LogP contribution in [0, 0.1) is 12.7 Å². The number of nitrogens with one attached hydrogen (secondary N) is 1. The number of amides is 1. The highest BCUT2D eigenvalue weighted by Gasteiger charge is 2.14. The molecule has 1 amide bonds. The molecule has 1 aromatic rings. The molecular formula is C13H13BrFNO3. The molecule has 0 saturated carbocycles. The number of hydrogen-bond donors (Lipinski definition) is 2. The quantitative estimate of drug-likeness (QED) is 0.836. The summed E-state index contributed by atoms with van der Waals surface area (Å²) in [4.78, 5) is 22.6. The molecule has 0 bridgehead atoms. The summed E-state index contributed by atoms with van der Waals surface area (Å²) in [7, 11) is 0. The molecule has 0 aliphatic rings. The smallest absolute Gasteiger partial charge is 0.331 e. The van der Waals surface area contributed by atoms with Gasteiger partial charge in [-0.15, -0.1) is 0 Å². The van der Waals surface area contributed by atoms with Gasteiger partial charge in [0.1, 0.15) is 5.82 Å². The highest BCUT2D eigenvalue weighted by Crippen LogP contribution is 2.24. The molecule has 1 rings (SSSR count). The van der Waals surface area contributed by atoms with Crippen LogP contribution in [-0.2, 0) is 9.59 Å². The second-order valence-corrected chi connectivity index (χ2v) is 4.94. The number of anilines is 1. The molecule has 0 unspecified atom stereocenters. The third-order valence-corrected chi connectivity index (χ3v) is 3.35. The van der Waals surface area contributed by atoms with Crippen LogP contribution in [-0.4, -0.2) is 17.0 Å². The minimum Gasteiger partial charge on any atom is -0.478 e. The zero-order valence-electron chi connectivity index (χ0n) is 10.7. The third-order valence-electron chi connectivity index (χ3n) is 2.74. The first-order chi connectivity index (χ1) is 8.73. The van der Waals surface area contributed by atoms with Gasteiger partial charge in [0.05, 0.1) is 4.47 Å². The van der Waals surface area contributed by atoms with Gasteiger partial charge in [-0.25, -0.2) is 9.18 Å². The Morgan fingerprint density at radius 2 is 1.84 bits per heavy atom. The van der Waals surface area contributed by atoms with Crippen molar-refractivity contribution in [2.24, 2.45) is 0 Å². The van der Waals surface area contributed by atoms with Gasteiger partial charge < -0.3 is 10.4 Å². The molecular weight excluding hydrogens is 317 g/mol. The maximum absolute atomic E-state index is 13.4. The van der Waals surface area contributed by atoms with Crippen molar-refractivity contribution in [3.05, 3.63) is 39.1 Å². The first-order valence-corrected chi connectivity index (χ1v) is 6.21. The molecule has 0 spiro atoms. The lowest BCUT2D eigenvalue weighted by molar-refractivity contribution is -0.133. The number of carbonyl (C=O) groups excluding carboxylic acids is 1. The van der Waals surface area contributed by atoms with Crippen molar-refractivity contribution < 1.29 is 19.1 Å². The number of carbonyl (C=O) groups is 2. The zero-order valence-corrected chi connectivity index (χ0v) is 12.3. The number of aliphatic carboxylic acids is 1. The summed E-state index contributed by atoms with van der Waals surface area (Å²) >= 11 is 3.04. The van der Waals surface area contributed by atoms with E-state index in [4.69, 9.17) is 5.11 Å². The molecule has 6 heteroatoms. The Morgan fingerprint density at radius 3 is 2.37 bits per heavy atom. The first kappa shape index (κ1) is 15.4. The topological polar surface area (TPSA) is 66.4 Å². The maximum atomic E-state index is 13.4. The van der Waals surface area contributed by atoms with Crippen LogP contribution in [0.2, 0.25) is 0 Å². The van der Waals surface area contributed by atoms with Gasteiger partial charge in [0.25, 0.3) is 5.91 Å². The number of carboxylic acids is 1. The van der Waals surface area contributed by atoms with E-state index in [0.29, 0.717) is 15.7 Å². The van der Waals surface area contributed by atoms with Crippen molar-refractivity contribution in [2.45, 2.75) is 20.8 Å². The van der Waals surface area contributed by atoms with Crippen molar-refractivity contribution in [2.75, 3.05) is 5.32 Å². The minimum atomic E-state index is -1.16. The highest BCUT2D eigenvalue weighted by molar-refractivity contribution is 9.10. The van der Waals surface area contributed by atoms with Crippen molar-refractivity contribution >= 4 is 33.5 Å². The van der Waals surface area contributed by atoms with E-state index >= 15 is 0 Å². The maximum Gasteiger partial charge on any atom is 0.331 e. The monoisotopic (exact) mass is 329 g/mol. The van der Waals surface area contributed by atoms with E-state index in [2.05, 4.69) is 21.2 Å². The Kier molecular flexibility index (Phi) is 4.83. The van der Waals surface area contributed by atoms with Crippen LogP contribution in [0.15, 0.2) is 27.8 Å². The van der Waals surface area contributed by atoms with Gasteiger partial charge in [0.15, 0.2) is 0 Å². The Labute approximate surface area is 118 Å². The van der Waals surface area contributed by atoms with Gasteiger partial charge in [-0.05, 0) is 54.4 Å². The number of aryl methyl sites for hydroxylation is 1. The molecule has 0 aliphatic carbocycles. The fraction of sp³-hybridized carbons (Fsp3) is 0.231. The molecule has 1 aromatic carbocycles. The van der Waals surface area contributed by atoms with Gasteiger partial charge in [0.2, 0.25) is 0 Å². The number of carboxylic acid groups (broad SMARTS) is 1. The predicted octanol–water partition coefficient (Wildman–Crippen LogP) is 3.26. The summed E-state index contributed by atoms with van der Waals surface area (Å²) < 4.78 is 13.7. The molecule has 0 aliphatic heterocycles. The van der Waals surface area contributed by atoms with Crippen LogP contribution >= 0.6 is 15.9 Å². The molecule has 0 aromatic heterocycles. The van der Waals surface area contributed by atoms with Crippen LogP contribution in [0.4, 0.5) is 10.1 Å². The van der Waals surface area contributed by atoms with Gasteiger partial charge in [0, 0.05) is 16.8 Å². The second-order valence-electron chi connectivity index (χ2n) is 4.09. The largest absolute Gasteiger partial charge is 0.478 e. The summed E-state index contributed by atoms with van der Waals surface area (Å²) in [5.74, 6) is -2.23. The lowest BCUT2D eigenvalue weighted by Crippen LogP contribution is -2.17. The molecule has 0 radical (unpaired) electrons. The Balaban J connectivity index is 3.05. The molecule has 0 fully saturated rings. The molecule has 2 N–H and O–H groups in total. The van der Waals surface area contributed by atoms with E-state index < -0.39 is 17.7 Å². The van der Waals surface area contributed by atoms with Gasteiger partial charge in [-0.1, -0.05) is 0 Å². The molecule has 0 heterocycles. The minimum absolute atomic E-state index is 0.0484.